The van der Waals surface area contributed by atoms with Gasteiger partial charge in [-0.15, -0.1) is 0 Å². The van der Waals surface area contributed by atoms with E-state index in [1.807, 2.05) is 30.3 Å². The van der Waals surface area contributed by atoms with Crippen LogP contribution in [0.2, 0.25) is 5.02 Å². The molecule has 2 aromatic carbocycles. The molecule has 0 spiro atoms. The lowest BCUT2D eigenvalue weighted by Gasteiger charge is -2.34. The number of hydrogen-bond acceptors (Lipinski definition) is 5. The summed E-state index contributed by atoms with van der Waals surface area (Å²) in [6.07, 6.45) is 1.80. The van der Waals surface area contributed by atoms with Crippen molar-refractivity contribution < 1.29 is 0 Å². The maximum atomic E-state index is 6.05. The number of piperazine rings is 1. The minimum absolute atomic E-state index is 0.698. The Balaban J connectivity index is 1.37. The predicted octanol–water partition coefficient (Wildman–Crippen LogP) is 4.20. The molecule has 0 saturated carbocycles. The molecule has 0 unspecified atom stereocenters. The number of rotatable bonds is 5. The van der Waals surface area contributed by atoms with Crippen LogP contribution >= 0.6 is 11.6 Å². The number of hydrogen-bond donors (Lipinski definition) is 1. The van der Waals surface area contributed by atoms with Crippen LogP contribution in [0.4, 0.5) is 17.5 Å². The van der Waals surface area contributed by atoms with Gasteiger partial charge in [-0.05, 0) is 29.8 Å². The molecule has 1 aromatic heterocycles. The molecule has 3 aromatic rings. The predicted molar refractivity (Wildman–Crippen MR) is 111 cm³/mol. The van der Waals surface area contributed by atoms with Crippen molar-refractivity contribution in [2.75, 3.05) is 36.4 Å². The van der Waals surface area contributed by atoms with Gasteiger partial charge < -0.3 is 10.2 Å². The first-order valence-electron chi connectivity index (χ1n) is 9.13. The highest BCUT2D eigenvalue weighted by Crippen LogP contribution is 2.20. The largest absolute Gasteiger partial charge is 0.340 e. The molecule has 1 fully saturated rings. The Morgan fingerprint density at radius 1 is 0.926 bits per heavy atom. The summed E-state index contributed by atoms with van der Waals surface area (Å²) < 4.78 is 0. The molecule has 0 amide bonds. The second-order valence-corrected chi connectivity index (χ2v) is 7.06. The number of aromatic nitrogens is 2. The van der Waals surface area contributed by atoms with E-state index in [-0.39, 0.29) is 0 Å². The van der Waals surface area contributed by atoms with E-state index in [1.165, 1.54) is 5.56 Å². The van der Waals surface area contributed by atoms with E-state index in [0.29, 0.717) is 5.02 Å². The van der Waals surface area contributed by atoms with Crippen LogP contribution in [-0.2, 0) is 6.54 Å². The van der Waals surface area contributed by atoms with E-state index in [9.17, 15) is 0 Å². The van der Waals surface area contributed by atoms with Crippen molar-refractivity contribution >= 4 is 29.1 Å². The fraction of sp³-hybridized carbons (Fsp3) is 0.238. The molecule has 0 bridgehead atoms. The van der Waals surface area contributed by atoms with Crippen molar-refractivity contribution in [3.63, 3.8) is 0 Å². The van der Waals surface area contributed by atoms with Gasteiger partial charge in [-0.25, -0.2) is 4.98 Å². The molecular weight excluding hydrogens is 358 g/mol. The third-order valence-corrected chi connectivity index (χ3v) is 4.88. The van der Waals surface area contributed by atoms with E-state index in [1.54, 1.807) is 6.20 Å². The van der Waals surface area contributed by atoms with Gasteiger partial charge in [-0.1, -0.05) is 48.0 Å². The second-order valence-electron chi connectivity index (χ2n) is 6.63. The van der Waals surface area contributed by atoms with Gasteiger partial charge in [-0.2, -0.15) is 4.98 Å². The summed E-state index contributed by atoms with van der Waals surface area (Å²) in [6, 6.07) is 20.1. The highest BCUT2D eigenvalue weighted by molar-refractivity contribution is 6.30. The van der Waals surface area contributed by atoms with Crippen molar-refractivity contribution in [3.8, 4) is 0 Å². The molecule has 0 radical (unpaired) electrons. The Labute approximate surface area is 164 Å². The average molecular weight is 380 g/mol. The number of nitrogens with zero attached hydrogens (tertiary/aromatic N) is 4. The van der Waals surface area contributed by atoms with Gasteiger partial charge in [0.15, 0.2) is 0 Å². The first kappa shape index (κ1) is 17.8. The maximum absolute atomic E-state index is 6.05. The molecule has 4 rings (SSSR count). The Hall–Kier alpha value is -2.63. The van der Waals surface area contributed by atoms with Crippen molar-refractivity contribution in [3.05, 3.63) is 77.4 Å². The molecule has 0 atom stereocenters. The quantitative estimate of drug-likeness (QED) is 0.719. The zero-order valence-electron chi connectivity index (χ0n) is 15.1. The molecule has 6 heteroatoms. The van der Waals surface area contributed by atoms with Crippen LogP contribution in [0.3, 0.4) is 0 Å². The normalized spacial score (nSPS) is 14.9. The molecule has 0 aliphatic carbocycles. The molecular formula is C21H22ClN5. The van der Waals surface area contributed by atoms with Crippen LogP contribution in [0.5, 0.6) is 0 Å². The first-order valence-corrected chi connectivity index (χ1v) is 9.51. The fourth-order valence-corrected chi connectivity index (χ4v) is 3.42. The third kappa shape index (κ3) is 4.76. The van der Waals surface area contributed by atoms with Crippen LogP contribution in [-0.4, -0.2) is 41.0 Å². The van der Waals surface area contributed by atoms with Gasteiger partial charge in [-0.3, -0.25) is 4.90 Å². The molecule has 2 heterocycles. The molecule has 27 heavy (non-hydrogen) atoms. The van der Waals surface area contributed by atoms with Crippen molar-refractivity contribution in [1.82, 2.24) is 14.9 Å². The van der Waals surface area contributed by atoms with E-state index in [2.05, 4.69) is 55.4 Å². The number of benzene rings is 2. The van der Waals surface area contributed by atoms with E-state index < -0.39 is 0 Å². The summed E-state index contributed by atoms with van der Waals surface area (Å²) in [6.45, 7) is 4.85. The van der Waals surface area contributed by atoms with E-state index in [4.69, 9.17) is 11.6 Å². The lowest BCUT2D eigenvalue weighted by molar-refractivity contribution is 0.248. The van der Waals surface area contributed by atoms with Crippen molar-refractivity contribution in [1.29, 1.82) is 0 Å². The highest BCUT2D eigenvalue weighted by atomic mass is 35.5. The number of halogens is 1. The van der Waals surface area contributed by atoms with E-state index >= 15 is 0 Å². The monoisotopic (exact) mass is 379 g/mol. The van der Waals surface area contributed by atoms with Crippen LogP contribution in [0, 0.1) is 0 Å². The van der Waals surface area contributed by atoms with Gasteiger partial charge in [0.2, 0.25) is 5.95 Å². The van der Waals surface area contributed by atoms with Crippen molar-refractivity contribution in [2.24, 2.45) is 0 Å². The van der Waals surface area contributed by atoms with E-state index in [0.717, 1.165) is 50.2 Å². The first-order chi connectivity index (χ1) is 13.3. The number of anilines is 3. The van der Waals surface area contributed by atoms with Gasteiger partial charge in [0.05, 0.1) is 0 Å². The van der Waals surface area contributed by atoms with Crippen molar-refractivity contribution in [2.45, 2.75) is 6.54 Å². The lowest BCUT2D eigenvalue weighted by Crippen LogP contribution is -2.46. The smallest absolute Gasteiger partial charge is 0.227 e. The standard InChI is InChI=1S/C21H22ClN5/c22-18-7-4-8-19(15-18)24-20-9-10-23-21(25-20)27-13-11-26(12-14-27)16-17-5-2-1-3-6-17/h1-10,15H,11-14,16H2,(H,23,24,25). The Morgan fingerprint density at radius 3 is 2.52 bits per heavy atom. The van der Waals surface area contributed by atoms with Gasteiger partial charge >= 0.3 is 0 Å². The third-order valence-electron chi connectivity index (χ3n) is 4.64. The fourth-order valence-electron chi connectivity index (χ4n) is 3.23. The SMILES string of the molecule is Clc1cccc(Nc2ccnc(N3CCN(Cc4ccccc4)CC3)n2)c1. The summed E-state index contributed by atoms with van der Waals surface area (Å²) in [4.78, 5) is 13.8. The minimum atomic E-state index is 0.698. The Bertz CT molecular complexity index is 879. The minimum Gasteiger partial charge on any atom is -0.340 e. The van der Waals surface area contributed by atoms with Crippen LogP contribution in [0.1, 0.15) is 5.56 Å². The highest BCUT2D eigenvalue weighted by Gasteiger charge is 2.19. The number of nitrogens with one attached hydrogen (secondary N) is 1. The summed E-state index contributed by atoms with van der Waals surface area (Å²) in [5.74, 6) is 1.54. The molecule has 1 N–H and O–H groups in total. The summed E-state index contributed by atoms with van der Waals surface area (Å²) in [5.41, 5.74) is 2.27. The zero-order valence-corrected chi connectivity index (χ0v) is 15.8. The Morgan fingerprint density at radius 2 is 1.74 bits per heavy atom. The zero-order chi connectivity index (χ0) is 18.5. The second kappa shape index (κ2) is 8.37. The lowest BCUT2D eigenvalue weighted by atomic mass is 10.2. The van der Waals surface area contributed by atoms with Crippen LogP contribution < -0.4 is 10.2 Å². The van der Waals surface area contributed by atoms with Crippen LogP contribution in [0.15, 0.2) is 66.9 Å². The van der Waals surface area contributed by atoms with Crippen LogP contribution in [0.25, 0.3) is 0 Å². The topological polar surface area (TPSA) is 44.3 Å². The summed E-state index contributed by atoms with van der Waals surface area (Å²) >= 11 is 6.05. The molecule has 1 aliphatic heterocycles. The Kier molecular flexibility index (Phi) is 5.51. The molecule has 5 nitrogen and oxygen atoms in total. The summed E-state index contributed by atoms with van der Waals surface area (Å²) in [5, 5.41) is 3.99. The van der Waals surface area contributed by atoms with Gasteiger partial charge in [0, 0.05) is 49.6 Å². The maximum Gasteiger partial charge on any atom is 0.227 e. The molecule has 138 valence electrons. The molecule has 1 saturated heterocycles. The average Bonchev–Trinajstić information content (AvgIpc) is 2.70. The molecule has 1 aliphatic rings. The summed E-state index contributed by atoms with van der Waals surface area (Å²) in [7, 11) is 0. The van der Waals surface area contributed by atoms with Gasteiger partial charge in [0.25, 0.3) is 0 Å². The van der Waals surface area contributed by atoms with Gasteiger partial charge in [0.1, 0.15) is 5.82 Å².